The Hall–Kier alpha value is -3.62. The molecule has 0 fully saturated rings. The van der Waals surface area contributed by atoms with Gasteiger partial charge in [-0.05, 0) is 37.8 Å². The number of H-pyrrole nitrogens is 1. The van der Waals surface area contributed by atoms with Gasteiger partial charge in [0, 0.05) is 24.3 Å². The van der Waals surface area contributed by atoms with Crippen molar-refractivity contribution in [3.05, 3.63) is 68.1 Å². The predicted octanol–water partition coefficient (Wildman–Crippen LogP) is 2.81. The van der Waals surface area contributed by atoms with E-state index in [1.165, 1.54) is 9.47 Å². The summed E-state index contributed by atoms with van der Waals surface area (Å²) in [7, 11) is 0. The van der Waals surface area contributed by atoms with E-state index in [4.69, 9.17) is 5.73 Å². The SMILES string of the molecule is Cc1nn(-c2ccccc2)c(C)c1CC(=O)N(CC(C)C)c1c(N)n(CC(C)C)c(=O)[nH]c1=O. The number of carbonyl (C=O) groups is 1. The minimum atomic E-state index is -0.662. The number of nitrogens with zero attached hydrogens (tertiary/aromatic N) is 4. The van der Waals surface area contributed by atoms with Crippen molar-refractivity contribution in [3.8, 4) is 5.69 Å². The number of nitrogen functional groups attached to an aromatic ring is 1. The summed E-state index contributed by atoms with van der Waals surface area (Å²) in [5.41, 5.74) is 8.39. The Morgan fingerprint density at radius 1 is 1.09 bits per heavy atom. The molecule has 0 saturated carbocycles. The molecular formula is C25H34N6O3. The number of rotatable bonds is 8. The number of para-hydroxylation sites is 1. The fraction of sp³-hybridized carbons (Fsp3) is 0.440. The van der Waals surface area contributed by atoms with E-state index < -0.39 is 11.2 Å². The van der Waals surface area contributed by atoms with Crippen LogP contribution in [-0.2, 0) is 17.8 Å². The van der Waals surface area contributed by atoms with Gasteiger partial charge in [-0.25, -0.2) is 9.48 Å². The van der Waals surface area contributed by atoms with Crippen LogP contribution in [0.1, 0.15) is 44.6 Å². The number of nitrogens with one attached hydrogen (secondary N) is 1. The highest BCUT2D eigenvalue weighted by Gasteiger charge is 2.27. The summed E-state index contributed by atoms with van der Waals surface area (Å²) >= 11 is 0. The van der Waals surface area contributed by atoms with Gasteiger partial charge < -0.3 is 10.6 Å². The molecule has 0 aliphatic carbocycles. The van der Waals surface area contributed by atoms with Crippen molar-refractivity contribution < 1.29 is 4.79 Å². The number of carbonyl (C=O) groups excluding carboxylic acids is 1. The maximum absolute atomic E-state index is 13.6. The number of aromatic nitrogens is 4. The van der Waals surface area contributed by atoms with Gasteiger partial charge >= 0.3 is 5.69 Å². The number of aryl methyl sites for hydroxylation is 1. The summed E-state index contributed by atoms with van der Waals surface area (Å²) in [5.74, 6) is -0.0751. The third kappa shape index (κ3) is 5.13. The van der Waals surface area contributed by atoms with Crippen molar-refractivity contribution in [2.75, 3.05) is 17.2 Å². The topological polar surface area (TPSA) is 119 Å². The van der Waals surface area contributed by atoms with Crippen molar-refractivity contribution in [1.82, 2.24) is 19.3 Å². The molecule has 3 N–H and O–H groups in total. The average molecular weight is 467 g/mol. The summed E-state index contributed by atoms with van der Waals surface area (Å²) in [6.07, 6.45) is 0.0550. The summed E-state index contributed by atoms with van der Waals surface area (Å²) in [5, 5.41) is 4.63. The van der Waals surface area contributed by atoms with Gasteiger partial charge in [0.2, 0.25) is 5.91 Å². The molecule has 3 rings (SSSR count). The van der Waals surface area contributed by atoms with Gasteiger partial charge in [0.05, 0.1) is 17.8 Å². The number of benzene rings is 1. The van der Waals surface area contributed by atoms with Gasteiger partial charge in [-0.2, -0.15) is 5.10 Å². The molecule has 0 radical (unpaired) electrons. The van der Waals surface area contributed by atoms with Crippen LogP contribution in [0.2, 0.25) is 0 Å². The zero-order valence-electron chi connectivity index (χ0n) is 20.8. The fourth-order valence-corrected chi connectivity index (χ4v) is 4.07. The second-order valence-electron chi connectivity index (χ2n) is 9.47. The van der Waals surface area contributed by atoms with Gasteiger partial charge in [-0.15, -0.1) is 0 Å². The van der Waals surface area contributed by atoms with E-state index in [9.17, 15) is 14.4 Å². The highest BCUT2D eigenvalue weighted by atomic mass is 16.2. The van der Waals surface area contributed by atoms with Gasteiger partial charge in [0.15, 0.2) is 5.69 Å². The first-order valence-electron chi connectivity index (χ1n) is 11.5. The minimum absolute atomic E-state index is 0.00451. The molecule has 0 spiro atoms. The summed E-state index contributed by atoms with van der Waals surface area (Å²) in [4.78, 5) is 42.6. The monoisotopic (exact) mass is 466 g/mol. The second kappa shape index (κ2) is 10.1. The summed E-state index contributed by atoms with van der Waals surface area (Å²) < 4.78 is 3.14. The first kappa shape index (κ1) is 25.0. The van der Waals surface area contributed by atoms with Gasteiger partial charge in [0.1, 0.15) is 5.82 Å². The molecule has 0 saturated heterocycles. The van der Waals surface area contributed by atoms with E-state index in [1.54, 1.807) is 0 Å². The molecule has 1 amide bonds. The molecule has 1 aromatic carbocycles. The Kier molecular flexibility index (Phi) is 7.44. The van der Waals surface area contributed by atoms with Crippen LogP contribution in [0.4, 0.5) is 11.5 Å². The molecule has 9 nitrogen and oxygen atoms in total. The first-order valence-corrected chi connectivity index (χ1v) is 11.5. The fourth-order valence-electron chi connectivity index (χ4n) is 4.07. The van der Waals surface area contributed by atoms with Gasteiger partial charge in [-0.1, -0.05) is 45.9 Å². The van der Waals surface area contributed by atoms with Crippen LogP contribution in [0, 0.1) is 25.7 Å². The number of anilines is 2. The molecule has 2 aromatic heterocycles. The minimum Gasteiger partial charge on any atom is -0.383 e. The van der Waals surface area contributed by atoms with Crippen LogP contribution in [-0.4, -0.2) is 31.8 Å². The third-order valence-electron chi connectivity index (χ3n) is 5.65. The largest absolute Gasteiger partial charge is 0.383 e. The van der Waals surface area contributed by atoms with Crippen LogP contribution < -0.4 is 21.9 Å². The zero-order valence-corrected chi connectivity index (χ0v) is 20.8. The second-order valence-corrected chi connectivity index (χ2v) is 9.47. The molecule has 2 heterocycles. The molecule has 34 heavy (non-hydrogen) atoms. The van der Waals surface area contributed by atoms with Crippen LogP contribution >= 0.6 is 0 Å². The standard InChI is InChI=1S/C25H34N6O3/c1-15(2)13-29(22-23(26)30(14-16(3)4)25(34)27-24(22)33)21(32)12-20-17(5)28-31(18(20)6)19-10-8-7-9-11-19/h7-11,15-16H,12-14,26H2,1-6H3,(H,27,33,34). The Morgan fingerprint density at radius 2 is 1.74 bits per heavy atom. The molecule has 0 aliphatic rings. The normalized spacial score (nSPS) is 11.4. The molecular weight excluding hydrogens is 432 g/mol. The highest BCUT2D eigenvalue weighted by Crippen LogP contribution is 2.23. The Bertz CT molecular complexity index is 1280. The molecule has 0 aliphatic heterocycles. The summed E-state index contributed by atoms with van der Waals surface area (Å²) in [6.45, 7) is 12.2. The van der Waals surface area contributed by atoms with Crippen molar-refractivity contribution in [2.45, 2.75) is 54.5 Å². The number of hydrogen-bond donors (Lipinski definition) is 2. The first-order chi connectivity index (χ1) is 16.0. The van der Waals surface area contributed by atoms with E-state index >= 15 is 0 Å². The van der Waals surface area contributed by atoms with Crippen molar-refractivity contribution in [2.24, 2.45) is 11.8 Å². The van der Waals surface area contributed by atoms with Gasteiger partial charge in [-0.3, -0.25) is 19.1 Å². The van der Waals surface area contributed by atoms with E-state index in [2.05, 4.69) is 10.1 Å². The lowest BCUT2D eigenvalue weighted by molar-refractivity contribution is -0.118. The van der Waals surface area contributed by atoms with E-state index in [0.717, 1.165) is 22.6 Å². The molecule has 182 valence electrons. The zero-order chi connectivity index (χ0) is 25.2. The lowest BCUT2D eigenvalue weighted by atomic mass is 10.1. The molecule has 0 atom stereocenters. The average Bonchev–Trinajstić information content (AvgIpc) is 3.04. The van der Waals surface area contributed by atoms with Crippen LogP contribution in [0.25, 0.3) is 5.69 Å². The van der Waals surface area contributed by atoms with Crippen LogP contribution in [0.3, 0.4) is 0 Å². The highest BCUT2D eigenvalue weighted by molar-refractivity contribution is 5.97. The van der Waals surface area contributed by atoms with Gasteiger partial charge in [0.25, 0.3) is 5.56 Å². The molecule has 9 heteroatoms. The smallest absolute Gasteiger partial charge is 0.330 e. The van der Waals surface area contributed by atoms with Crippen LogP contribution in [0.5, 0.6) is 0 Å². The Morgan fingerprint density at radius 3 is 2.32 bits per heavy atom. The Balaban J connectivity index is 2.05. The molecule has 0 bridgehead atoms. The van der Waals surface area contributed by atoms with E-state index in [-0.39, 0.29) is 42.2 Å². The number of aromatic amines is 1. The lowest BCUT2D eigenvalue weighted by Crippen LogP contribution is -2.43. The summed E-state index contributed by atoms with van der Waals surface area (Å²) in [6, 6.07) is 9.71. The lowest BCUT2D eigenvalue weighted by Gasteiger charge is -2.26. The number of hydrogen-bond acceptors (Lipinski definition) is 5. The third-order valence-corrected chi connectivity index (χ3v) is 5.65. The predicted molar refractivity (Wildman–Crippen MR) is 135 cm³/mol. The van der Waals surface area contributed by atoms with E-state index in [0.29, 0.717) is 6.54 Å². The number of nitrogens with two attached hydrogens (primary N) is 1. The Labute approximate surface area is 199 Å². The maximum Gasteiger partial charge on any atom is 0.330 e. The quantitative estimate of drug-likeness (QED) is 0.529. The maximum atomic E-state index is 13.6. The van der Waals surface area contributed by atoms with Crippen molar-refractivity contribution in [1.29, 1.82) is 0 Å². The van der Waals surface area contributed by atoms with Crippen molar-refractivity contribution in [3.63, 3.8) is 0 Å². The molecule has 0 unspecified atom stereocenters. The van der Waals surface area contributed by atoms with Crippen molar-refractivity contribution >= 4 is 17.4 Å². The number of amides is 1. The van der Waals surface area contributed by atoms with Crippen LogP contribution in [0.15, 0.2) is 39.9 Å². The molecule has 3 aromatic rings. The van der Waals surface area contributed by atoms with E-state index in [1.807, 2.05) is 76.6 Å².